The zero-order valence-corrected chi connectivity index (χ0v) is 16.4. The third kappa shape index (κ3) is 4.97. The van der Waals surface area contributed by atoms with E-state index in [0.717, 1.165) is 0 Å². The van der Waals surface area contributed by atoms with Crippen molar-refractivity contribution in [3.8, 4) is 0 Å². The smallest absolute Gasteiger partial charge is 0.320 e. The number of hydrogen-bond donors (Lipinski definition) is 2. The number of hydrazone groups is 1. The van der Waals surface area contributed by atoms with Gasteiger partial charge in [-0.15, -0.1) is 0 Å². The second-order valence-electron chi connectivity index (χ2n) is 7.00. The van der Waals surface area contributed by atoms with Gasteiger partial charge in [0, 0.05) is 12.0 Å². The lowest BCUT2D eigenvalue weighted by atomic mass is 10.0. The Kier molecular flexibility index (Phi) is 6.21. The van der Waals surface area contributed by atoms with Gasteiger partial charge in [0.1, 0.15) is 5.71 Å². The predicted octanol–water partition coefficient (Wildman–Crippen LogP) is 2.73. The van der Waals surface area contributed by atoms with Gasteiger partial charge >= 0.3 is 6.18 Å². The number of nitrogens with two attached hydrogens (primary N) is 1. The van der Waals surface area contributed by atoms with E-state index < -0.39 is 41.6 Å². The molecule has 0 aliphatic carbocycles. The lowest BCUT2D eigenvalue weighted by Crippen LogP contribution is -2.44. The van der Waals surface area contributed by atoms with Crippen LogP contribution < -0.4 is 16.1 Å². The van der Waals surface area contributed by atoms with Crippen molar-refractivity contribution in [3.63, 3.8) is 0 Å². The Bertz CT molecular complexity index is 1020. The molecule has 31 heavy (non-hydrogen) atoms. The molecule has 10 heteroatoms. The third-order valence-electron chi connectivity index (χ3n) is 4.67. The highest BCUT2D eigenvalue weighted by molar-refractivity contribution is 6.44. The standard InChI is InChI=1S/C21H19F3N4O3/c1-12(25)19(30)26-20(31)18(29)14-7-9-15(10-8-14)28-16(13-5-3-2-4-6-13)11-17(27-28)21(22,23)24/h2-10,12,16H,11,25H2,1H3,(H,26,30,31). The maximum Gasteiger partial charge on any atom is 0.431 e. The molecule has 2 amide bonds. The Morgan fingerprint density at radius 2 is 1.71 bits per heavy atom. The molecule has 0 saturated heterocycles. The fourth-order valence-electron chi connectivity index (χ4n) is 3.03. The molecule has 1 heterocycles. The summed E-state index contributed by atoms with van der Waals surface area (Å²) < 4.78 is 39.8. The van der Waals surface area contributed by atoms with Crippen LogP contribution in [0.4, 0.5) is 18.9 Å². The number of imide groups is 1. The molecule has 2 unspecified atom stereocenters. The van der Waals surface area contributed by atoms with Crippen molar-refractivity contribution in [2.75, 3.05) is 5.01 Å². The van der Waals surface area contributed by atoms with E-state index in [2.05, 4.69) is 5.10 Å². The van der Waals surface area contributed by atoms with Crippen LogP contribution >= 0.6 is 0 Å². The van der Waals surface area contributed by atoms with Crippen LogP contribution in [0.3, 0.4) is 0 Å². The number of halogens is 3. The van der Waals surface area contributed by atoms with Crippen molar-refractivity contribution in [2.24, 2.45) is 10.8 Å². The Morgan fingerprint density at radius 1 is 1.10 bits per heavy atom. The summed E-state index contributed by atoms with van der Waals surface area (Å²) in [6, 6.07) is 12.4. The summed E-state index contributed by atoms with van der Waals surface area (Å²) in [6.07, 6.45) is -4.89. The number of nitrogens with zero attached hydrogens (tertiary/aromatic N) is 2. The molecule has 1 aliphatic rings. The Labute approximate surface area is 175 Å². The van der Waals surface area contributed by atoms with Gasteiger partial charge in [-0.2, -0.15) is 18.3 Å². The van der Waals surface area contributed by atoms with Gasteiger partial charge in [-0.05, 0) is 36.8 Å². The van der Waals surface area contributed by atoms with Crippen LogP contribution in [0.25, 0.3) is 0 Å². The highest BCUT2D eigenvalue weighted by Gasteiger charge is 2.43. The predicted molar refractivity (Wildman–Crippen MR) is 107 cm³/mol. The average molecular weight is 432 g/mol. The Balaban J connectivity index is 1.85. The van der Waals surface area contributed by atoms with Crippen LogP contribution in [0, 0.1) is 0 Å². The zero-order chi connectivity index (χ0) is 22.8. The van der Waals surface area contributed by atoms with Crippen molar-refractivity contribution >= 4 is 29.0 Å². The van der Waals surface area contributed by atoms with Gasteiger partial charge in [-0.1, -0.05) is 30.3 Å². The van der Waals surface area contributed by atoms with Crippen molar-refractivity contribution in [2.45, 2.75) is 31.6 Å². The Hall–Kier alpha value is -3.53. The fraction of sp³-hybridized carbons (Fsp3) is 0.238. The number of ketones is 1. The van der Waals surface area contributed by atoms with Crippen LogP contribution in [0.15, 0.2) is 59.7 Å². The van der Waals surface area contributed by atoms with Crippen LogP contribution in [0.2, 0.25) is 0 Å². The number of alkyl halides is 3. The van der Waals surface area contributed by atoms with Crippen LogP contribution in [-0.4, -0.2) is 35.5 Å². The lowest BCUT2D eigenvalue weighted by Gasteiger charge is -2.24. The molecule has 7 nitrogen and oxygen atoms in total. The maximum absolute atomic E-state index is 13.3. The first-order chi connectivity index (χ1) is 14.6. The van der Waals surface area contributed by atoms with Crippen molar-refractivity contribution in [1.29, 1.82) is 0 Å². The van der Waals surface area contributed by atoms with Gasteiger partial charge < -0.3 is 5.73 Å². The van der Waals surface area contributed by atoms with E-state index in [1.807, 2.05) is 5.32 Å². The summed E-state index contributed by atoms with van der Waals surface area (Å²) in [4.78, 5) is 35.6. The van der Waals surface area contributed by atoms with E-state index >= 15 is 0 Å². The number of hydrogen-bond acceptors (Lipinski definition) is 6. The van der Waals surface area contributed by atoms with Crippen molar-refractivity contribution in [1.82, 2.24) is 5.32 Å². The number of Topliss-reactive ketones (excluding diaryl/α,β-unsaturated/α-hetero) is 1. The minimum Gasteiger partial charge on any atom is -0.320 e. The topological polar surface area (TPSA) is 105 Å². The first-order valence-electron chi connectivity index (χ1n) is 9.32. The van der Waals surface area contributed by atoms with E-state index in [9.17, 15) is 27.6 Å². The normalized spacial score (nSPS) is 17.1. The summed E-state index contributed by atoms with van der Waals surface area (Å²) in [5.41, 5.74) is 5.37. The van der Waals surface area contributed by atoms with Gasteiger partial charge in [0.15, 0.2) is 0 Å². The molecule has 0 saturated carbocycles. The molecule has 3 rings (SSSR count). The van der Waals surface area contributed by atoms with Crippen LogP contribution in [-0.2, 0) is 9.59 Å². The fourth-order valence-corrected chi connectivity index (χ4v) is 3.03. The molecule has 0 bridgehead atoms. The van der Waals surface area contributed by atoms with E-state index in [1.165, 1.54) is 36.2 Å². The number of nitrogens with one attached hydrogen (secondary N) is 1. The molecule has 0 spiro atoms. The van der Waals surface area contributed by atoms with E-state index in [-0.39, 0.29) is 12.0 Å². The summed E-state index contributed by atoms with van der Waals surface area (Å²) in [5.74, 6) is -2.91. The minimum absolute atomic E-state index is 0.0331. The second-order valence-corrected chi connectivity index (χ2v) is 7.00. The van der Waals surface area contributed by atoms with Crippen LogP contribution in [0.5, 0.6) is 0 Å². The molecule has 0 fully saturated rings. The molecule has 162 valence electrons. The van der Waals surface area contributed by atoms with Gasteiger partial charge in [-0.3, -0.25) is 24.7 Å². The van der Waals surface area contributed by atoms with Crippen LogP contribution in [0.1, 0.15) is 35.3 Å². The van der Waals surface area contributed by atoms with Gasteiger partial charge in [0.05, 0.1) is 17.8 Å². The molecular formula is C21H19F3N4O3. The van der Waals surface area contributed by atoms with Gasteiger partial charge in [-0.25, -0.2) is 0 Å². The van der Waals surface area contributed by atoms with Crippen molar-refractivity contribution < 1.29 is 27.6 Å². The monoisotopic (exact) mass is 432 g/mol. The largest absolute Gasteiger partial charge is 0.431 e. The maximum atomic E-state index is 13.3. The van der Waals surface area contributed by atoms with Gasteiger partial charge in [0.25, 0.3) is 11.7 Å². The highest BCUT2D eigenvalue weighted by atomic mass is 19.4. The average Bonchev–Trinajstić information content (AvgIpc) is 3.20. The Morgan fingerprint density at radius 3 is 2.26 bits per heavy atom. The summed E-state index contributed by atoms with van der Waals surface area (Å²) >= 11 is 0. The molecule has 0 radical (unpaired) electrons. The SMILES string of the molecule is CC(N)C(=O)NC(=O)C(=O)c1ccc(N2N=C(C(F)(F)F)CC2c2ccccc2)cc1. The lowest BCUT2D eigenvalue weighted by molar-refractivity contribution is -0.128. The zero-order valence-electron chi connectivity index (χ0n) is 16.4. The summed E-state index contributed by atoms with van der Waals surface area (Å²) in [7, 11) is 0. The number of rotatable bonds is 5. The summed E-state index contributed by atoms with van der Waals surface area (Å²) in [6.45, 7) is 1.36. The van der Waals surface area contributed by atoms with E-state index in [4.69, 9.17) is 5.73 Å². The first kappa shape index (κ1) is 22.2. The highest BCUT2D eigenvalue weighted by Crippen LogP contribution is 2.39. The number of benzene rings is 2. The van der Waals surface area contributed by atoms with Crippen molar-refractivity contribution in [3.05, 3.63) is 65.7 Å². The molecule has 2 atom stereocenters. The number of amides is 2. The number of carbonyl (C=O) groups is 3. The molecule has 3 N–H and O–H groups in total. The second kappa shape index (κ2) is 8.68. The van der Waals surface area contributed by atoms with E-state index in [0.29, 0.717) is 11.3 Å². The minimum atomic E-state index is -4.57. The molecule has 0 aromatic heterocycles. The molecular weight excluding hydrogens is 413 g/mol. The number of anilines is 1. The molecule has 2 aromatic rings. The molecule has 2 aromatic carbocycles. The number of carbonyl (C=O) groups excluding carboxylic acids is 3. The summed E-state index contributed by atoms with van der Waals surface area (Å²) in [5, 5.41) is 6.89. The quantitative estimate of drug-likeness (QED) is 0.559. The van der Waals surface area contributed by atoms with Gasteiger partial charge in [0.2, 0.25) is 5.91 Å². The van der Waals surface area contributed by atoms with E-state index in [1.54, 1.807) is 30.3 Å². The third-order valence-corrected chi connectivity index (χ3v) is 4.67. The molecule has 1 aliphatic heterocycles. The first-order valence-corrected chi connectivity index (χ1v) is 9.32.